The molecule has 2 aliphatic rings. The summed E-state index contributed by atoms with van der Waals surface area (Å²) in [5, 5.41) is 5.31. The molecule has 9 heteroatoms. The van der Waals surface area contributed by atoms with Crippen LogP contribution >= 0.6 is 0 Å². The number of halogens is 2. The Morgan fingerprint density at radius 2 is 1.93 bits per heavy atom. The number of hydrogen-bond acceptors (Lipinski definition) is 4. The monoisotopic (exact) mass is 374 g/mol. The third kappa shape index (κ3) is 3.53. The van der Waals surface area contributed by atoms with E-state index in [9.17, 15) is 18.4 Å². The first-order valence-electron chi connectivity index (χ1n) is 8.41. The molecular formula is C18H16F2N4O3. The fourth-order valence-corrected chi connectivity index (χ4v) is 3.12. The Morgan fingerprint density at radius 1 is 1.19 bits per heavy atom. The van der Waals surface area contributed by atoms with Gasteiger partial charge in [-0.15, -0.1) is 0 Å². The van der Waals surface area contributed by atoms with Gasteiger partial charge < -0.3 is 14.6 Å². The summed E-state index contributed by atoms with van der Waals surface area (Å²) < 4.78 is 32.7. The predicted molar refractivity (Wildman–Crippen MR) is 92.5 cm³/mol. The van der Waals surface area contributed by atoms with Crippen LogP contribution in [0.5, 0.6) is 5.75 Å². The lowest BCUT2D eigenvalue weighted by atomic mass is 10.0. The van der Waals surface area contributed by atoms with E-state index in [0.717, 1.165) is 6.07 Å². The number of hydrazone groups is 1. The minimum absolute atomic E-state index is 0.198. The van der Waals surface area contributed by atoms with Gasteiger partial charge in [0.1, 0.15) is 23.5 Å². The van der Waals surface area contributed by atoms with Crippen LogP contribution in [0.3, 0.4) is 0 Å². The molecule has 3 heterocycles. The number of aromatic nitrogens is 1. The minimum Gasteiger partial charge on any atom is -0.485 e. The molecule has 2 aromatic rings. The number of likely N-dealkylation sites (tertiary alicyclic amines) is 1. The van der Waals surface area contributed by atoms with Crippen molar-refractivity contribution >= 4 is 12.2 Å². The quantitative estimate of drug-likeness (QED) is 0.895. The van der Waals surface area contributed by atoms with Crippen molar-refractivity contribution in [3.63, 3.8) is 0 Å². The van der Waals surface area contributed by atoms with Gasteiger partial charge >= 0.3 is 6.03 Å². The van der Waals surface area contributed by atoms with Gasteiger partial charge in [-0.25, -0.2) is 18.6 Å². The van der Waals surface area contributed by atoms with E-state index in [2.05, 4.69) is 10.1 Å². The second-order valence-corrected chi connectivity index (χ2v) is 6.41. The zero-order valence-corrected chi connectivity index (χ0v) is 14.1. The maximum atomic E-state index is 13.5. The molecule has 2 amide bonds. The molecule has 0 aliphatic carbocycles. The lowest BCUT2D eigenvalue weighted by Gasteiger charge is -2.40. The summed E-state index contributed by atoms with van der Waals surface area (Å²) in [6.45, 7) is 0.711. The molecule has 1 aromatic carbocycles. The van der Waals surface area contributed by atoms with E-state index in [4.69, 9.17) is 4.74 Å². The van der Waals surface area contributed by atoms with Crippen molar-refractivity contribution in [2.45, 2.75) is 18.6 Å². The standard InChI is InChI=1S/C18H16F2N4O3/c19-12-5-11(6-13(20)7-12)16-3-4-22-24(16)18(26)23-9-15(10-23)27-14-1-2-17(25)21-8-14/h1-2,4-8,15-16H,3,9-10H2,(H,21,25). The number of pyridine rings is 1. The van der Waals surface area contributed by atoms with Gasteiger partial charge in [-0.2, -0.15) is 5.10 Å². The smallest absolute Gasteiger partial charge is 0.341 e. The topological polar surface area (TPSA) is 78.0 Å². The first-order valence-corrected chi connectivity index (χ1v) is 8.41. The number of ether oxygens (including phenoxy) is 1. The summed E-state index contributed by atoms with van der Waals surface area (Å²) in [5.74, 6) is -0.871. The van der Waals surface area contributed by atoms with E-state index < -0.39 is 17.7 Å². The van der Waals surface area contributed by atoms with E-state index in [1.54, 1.807) is 17.2 Å². The normalized spacial score (nSPS) is 19.3. The van der Waals surface area contributed by atoms with E-state index in [1.807, 2.05) is 0 Å². The van der Waals surface area contributed by atoms with Crippen LogP contribution in [0.1, 0.15) is 18.0 Å². The van der Waals surface area contributed by atoms with E-state index in [0.29, 0.717) is 30.8 Å². The van der Waals surface area contributed by atoms with Gasteiger partial charge in [-0.05, 0) is 23.8 Å². The third-order valence-electron chi connectivity index (χ3n) is 4.47. The van der Waals surface area contributed by atoms with Crippen molar-refractivity contribution < 1.29 is 18.3 Å². The van der Waals surface area contributed by atoms with Crippen molar-refractivity contribution in [1.82, 2.24) is 14.9 Å². The van der Waals surface area contributed by atoms with Gasteiger partial charge in [0, 0.05) is 31.0 Å². The number of nitrogens with zero attached hydrogens (tertiary/aromatic N) is 3. The Hall–Kier alpha value is -3.23. The molecule has 1 aromatic heterocycles. The number of amides is 2. The van der Waals surface area contributed by atoms with E-state index in [1.165, 1.54) is 29.4 Å². The van der Waals surface area contributed by atoms with Crippen molar-refractivity contribution in [2.75, 3.05) is 13.1 Å². The number of urea groups is 1. The van der Waals surface area contributed by atoms with Crippen molar-refractivity contribution in [1.29, 1.82) is 0 Å². The van der Waals surface area contributed by atoms with Crippen LogP contribution in [0.2, 0.25) is 0 Å². The number of hydrogen-bond donors (Lipinski definition) is 1. The van der Waals surface area contributed by atoms with Crippen LogP contribution in [0, 0.1) is 11.6 Å². The molecule has 4 rings (SSSR count). The highest BCUT2D eigenvalue weighted by Crippen LogP contribution is 2.31. The molecule has 1 unspecified atom stereocenters. The summed E-state index contributed by atoms with van der Waals surface area (Å²) in [4.78, 5) is 27.8. The molecule has 0 radical (unpaired) electrons. The Balaban J connectivity index is 1.39. The van der Waals surface area contributed by atoms with Crippen LogP contribution in [0.25, 0.3) is 0 Å². The lowest BCUT2D eigenvalue weighted by Crippen LogP contribution is -2.58. The molecule has 1 N–H and O–H groups in total. The molecule has 2 aliphatic heterocycles. The molecule has 7 nitrogen and oxygen atoms in total. The van der Waals surface area contributed by atoms with Crippen LogP contribution in [-0.4, -0.2) is 46.3 Å². The molecule has 140 valence electrons. The molecule has 1 fully saturated rings. The van der Waals surface area contributed by atoms with Gasteiger partial charge in [-0.3, -0.25) is 4.79 Å². The van der Waals surface area contributed by atoms with E-state index >= 15 is 0 Å². The first-order chi connectivity index (χ1) is 13.0. The van der Waals surface area contributed by atoms with Gasteiger partial charge in [0.05, 0.1) is 19.1 Å². The van der Waals surface area contributed by atoms with Crippen LogP contribution in [0.15, 0.2) is 46.4 Å². The number of H-pyrrole nitrogens is 1. The Labute approximate surface area is 152 Å². The largest absolute Gasteiger partial charge is 0.485 e. The van der Waals surface area contributed by atoms with Crippen LogP contribution in [0.4, 0.5) is 13.6 Å². The zero-order valence-electron chi connectivity index (χ0n) is 14.1. The van der Waals surface area contributed by atoms with Crippen LogP contribution in [-0.2, 0) is 0 Å². The molecule has 1 saturated heterocycles. The highest BCUT2D eigenvalue weighted by molar-refractivity contribution is 5.79. The molecule has 0 bridgehead atoms. The maximum absolute atomic E-state index is 13.5. The molecule has 1 atom stereocenters. The summed E-state index contributed by atoms with van der Waals surface area (Å²) in [7, 11) is 0. The summed E-state index contributed by atoms with van der Waals surface area (Å²) in [5.41, 5.74) is 0.138. The number of rotatable bonds is 3. The Morgan fingerprint density at radius 3 is 2.59 bits per heavy atom. The summed E-state index contributed by atoms with van der Waals surface area (Å²) >= 11 is 0. The zero-order chi connectivity index (χ0) is 19.0. The van der Waals surface area contributed by atoms with Gasteiger partial charge in [-0.1, -0.05) is 0 Å². The third-order valence-corrected chi connectivity index (χ3v) is 4.47. The van der Waals surface area contributed by atoms with Gasteiger partial charge in [0.2, 0.25) is 5.56 Å². The van der Waals surface area contributed by atoms with Crippen molar-refractivity contribution in [2.24, 2.45) is 5.10 Å². The minimum atomic E-state index is -0.692. The number of carbonyl (C=O) groups is 1. The average molecular weight is 374 g/mol. The highest BCUT2D eigenvalue weighted by Gasteiger charge is 2.39. The second kappa shape index (κ2) is 6.82. The van der Waals surface area contributed by atoms with Crippen LogP contribution < -0.4 is 10.3 Å². The van der Waals surface area contributed by atoms with Gasteiger partial charge in [0.15, 0.2) is 0 Å². The second-order valence-electron chi connectivity index (χ2n) is 6.41. The molecular weight excluding hydrogens is 358 g/mol. The fraction of sp³-hybridized carbons (Fsp3) is 0.278. The van der Waals surface area contributed by atoms with E-state index in [-0.39, 0.29) is 17.7 Å². The average Bonchev–Trinajstić information content (AvgIpc) is 3.08. The SMILES string of the molecule is O=C(N1CC(Oc2ccc(=O)[nH]c2)C1)N1N=CCC1c1cc(F)cc(F)c1. The predicted octanol–water partition coefficient (Wildman–Crippen LogP) is 2.27. The molecule has 0 saturated carbocycles. The number of aromatic amines is 1. The summed E-state index contributed by atoms with van der Waals surface area (Å²) in [6, 6.07) is 5.24. The number of benzene rings is 1. The molecule has 27 heavy (non-hydrogen) atoms. The Bertz CT molecular complexity index is 915. The maximum Gasteiger partial charge on any atom is 0.341 e. The Kier molecular flexibility index (Phi) is 4.35. The number of nitrogens with one attached hydrogen (secondary N) is 1. The molecule has 0 spiro atoms. The lowest BCUT2D eigenvalue weighted by molar-refractivity contribution is 0.0275. The highest BCUT2D eigenvalue weighted by atomic mass is 19.1. The summed E-state index contributed by atoms with van der Waals surface area (Å²) in [6.07, 6.45) is 3.21. The number of carbonyl (C=O) groups excluding carboxylic acids is 1. The van der Waals surface area contributed by atoms with Crippen molar-refractivity contribution in [3.05, 3.63) is 64.1 Å². The first kappa shape index (κ1) is 17.2. The van der Waals surface area contributed by atoms with Gasteiger partial charge in [0.25, 0.3) is 0 Å². The van der Waals surface area contributed by atoms with Crippen molar-refractivity contribution in [3.8, 4) is 5.75 Å². The fourth-order valence-electron chi connectivity index (χ4n) is 3.12.